The van der Waals surface area contributed by atoms with Gasteiger partial charge in [-0.15, -0.1) is 0 Å². The molecular formula is C21H22N4O3. The van der Waals surface area contributed by atoms with Crippen LogP contribution in [0.1, 0.15) is 28.5 Å². The number of carbonyl (C=O) groups excluding carboxylic acids is 1. The summed E-state index contributed by atoms with van der Waals surface area (Å²) < 4.78 is 10.5. The molecule has 0 unspecified atom stereocenters. The number of hydrogen-bond donors (Lipinski definition) is 2. The summed E-state index contributed by atoms with van der Waals surface area (Å²) in [5, 5.41) is 11.3. The number of aromatic amines is 1. The largest absolute Gasteiger partial charge is 0.493 e. The molecule has 0 aliphatic heterocycles. The molecule has 3 rings (SSSR count). The lowest BCUT2D eigenvalue weighted by molar-refractivity contribution is 0.0949. The summed E-state index contributed by atoms with van der Waals surface area (Å²) in [5.74, 6) is 0.870. The first kappa shape index (κ1) is 19.2. The van der Waals surface area contributed by atoms with E-state index in [0.29, 0.717) is 22.9 Å². The fourth-order valence-corrected chi connectivity index (χ4v) is 2.81. The number of H-pyrrole nitrogens is 1. The Bertz CT molecular complexity index is 1010. The van der Waals surface area contributed by atoms with Gasteiger partial charge in [-0.2, -0.15) is 10.2 Å². The number of nitrogens with zero attached hydrogens (tertiary/aromatic N) is 2. The molecule has 2 N–H and O–H groups in total. The van der Waals surface area contributed by atoms with Crippen molar-refractivity contribution in [1.29, 1.82) is 0 Å². The molecule has 3 aromatic rings. The van der Waals surface area contributed by atoms with E-state index in [1.54, 1.807) is 33.3 Å². The average Bonchev–Trinajstić information content (AvgIpc) is 3.13. The molecule has 144 valence electrons. The first-order valence-corrected chi connectivity index (χ1v) is 8.72. The second kappa shape index (κ2) is 8.39. The van der Waals surface area contributed by atoms with Crippen LogP contribution in [-0.2, 0) is 0 Å². The molecule has 0 fully saturated rings. The van der Waals surface area contributed by atoms with Crippen molar-refractivity contribution in [3.05, 3.63) is 65.4 Å². The zero-order valence-electron chi connectivity index (χ0n) is 16.2. The highest BCUT2D eigenvalue weighted by atomic mass is 16.5. The van der Waals surface area contributed by atoms with Crippen molar-refractivity contribution in [3.63, 3.8) is 0 Å². The van der Waals surface area contributed by atoms with Gasteiger partial charge in [0.2, 0.25) is 0 Å². The molecule has 28 heavy (non-hydrogen) atoms. The molecule has 2 aromatic carbocycles. The van der Waals surface area contributed by atoms with E-state index in [0.717, 1.165) is 22.4 Å². The van der Waals surface area contributed by atoms with Gasteiger partial charge in [0, 0.05) is 16.7 Å². The third-order valence-electron chi connectivity index (χ3n) is 4.41. The maximum atomic E-state index is 12.5. The van der Waals surface area contributed by atoms with E-state index in [2.05, 4.69) is 20.7 Å². The highest BCUT2D eigenvalue weighted by Gasteiger charge is 2.16. The summed E-state index contributed by atoms with van der Waals surface area (Å²) in [6.45, 7) is 3.66. The first-order valence-electron chi connectivity index (χ1n) is 8.72. The van der Waals surface area contributed by atoms with Crippen LogP contribution >= 0.6 is 0 Å². The molecule has 0 aliphatic carbocycles. The molecule has 0 saturated carbocycles. The third-order valence-corrected chi connectivity index (χ3v) is 4.41. The average molecular weight is 378 g/mol. The van der Waals surface area contributed by atoms with E-state index in [1.807, 2.05) is 43.3 Å². The minimum Gasteiger partial charge on any atom is -0.493 e. The number of amides is 1. The van der Waals surface area contributed by atoms with Crippen LogP contribution in [-0.4, -0.2) is 36.0 Å². The lowest BCUT2D eigenvalue weighted by atomic mass is 10.1. The van der Waals surface area contributed by atoms with Gasteiger partial charge in [0.05, 0.1) is 25.6 Å². The molecule has 0 atom stereocenters. The maximum absolute atomic E-state index is 12.5. The smallest absolute Gasteiger partial charge is 0.289 e. The van der Waals surface area contributed by atoms with Gasteiger partial charge in [-0.3, -0.25) is 9.89 Å². The van der Waals surface area contributed by atoms with Crippen molar-refractivity contribution < 1.29 is 14.3 Å². The van der Waals surface area contributed by atoms with E-state index < -0.39 is 0 Å². The highest BCUT2D eigenvalue weighted by Crippen LogP contribution is 2.27. The van der Waals surface area contributed by atoms with Crippen molar-refractivity contribution in [2.45, 2.75) is 13.8 Å². The molecule has 1 amide bonds. The first-order chi connectivity index (χ1) is 13.5. The maximum Gasteiger partial charge on any atom is 0.289 e. The van der Waals surface area contributed by atoms with Gasteiger partial charge in [-0.1, -0.05) is 30.3 Å². The minimum absolute atomic E-state index is 0.355. The van der Waals surface area contributed by atoms with Gasteiger partial charge in [-0.05, 0) is 32.0 Å². The molecule has 0 spiro atoms. The molecule has 0 aliphatic rings. The molecular weight excluding hydrogens is 356 g/mol. The van der Waals surface area contributed by atoms with Crippen LogP contribution in [0.5, 0.6) is 11.5 Å². The number of benzene rings is 2. The highest BCUT2D eigenvalue weighted by molar-refractivity contribution is 6.01. The number of rotatable bonds is 6. The Morgan fingerprint density at radius 2 is 1.79 bits per heavy atom. The monoisotopic (exact) mass is 378 g/mol. The van der Waals surface area contributed by atoms with Crippen LogP contribution in [0, 0.1) is 6.92 Å². The Labute approximate surface area is 163 Å². The van der Waals surface area contributed by atoms with Gasteiger partial charge >= 0.3 is 0 Å². The quantitative estimate of drug-likeness (QED) is 0.507. The normalized spacial score (nSPS) is 11.2. The summed E-state index contributed by atoms with van der Waals surface area (Å²) in [4.78, 5) is 12.5. The number of nitrogens with one attached hydrogen (secondary N) is 2. The van der Waals surface area contributed by atoms with Crippen LogP contribution in [0.15, 0.2) is 53.6 Å². The number of hydrogen-bond acceptors (Lipinski definition) is 5. The number of carbonyl (C=O) groups is 1. The van der Waals surface area contributed by atoms with Crippen molar-refractivity contribution in [2.24, 2.45) is 5.10 Å². The van der Waals surface area contributed by atoms with Crippen LogP contribution in [0.3, 0.4) is 0 Å². The van der Waals surface area contributed by atoms with Gasteiger partial charge in [0.25, 0.3) is 5.91 Å². The van der Waals surface area contributed by atoms with Crippen molar-refractivity contribution in [2.75, 3.05) is 14.2 Å². The lowest BCUT2D eigenvalue weighted by Gasteiger charge is -2.09. The molecule has 1 heterocycles. The summed E-state index contributed by atoms with van der Waals surface area (Å²) in [6, 6.07) is 15.1. The summed E-state index contributed by atoms with van der Waals surface area (Å²) in [7, 11) is 3.15. The Hall–Kier alpha value is -3.61. The van der Waals surface area contributed by atoms with Crippen LogP contribution < -0.4 is 14.9 Å². The van der Waals surface area contributed by atoms with Crippen molar-refractivity contribution in [1.82, 2.24) is 15.6 Å². The molecule has 0 saturated heterocycles. The summed E-state index contributed by atoms with van der Waals surface area (Å²) >= 11 is 0. The van der Waals surface area contributed by atoms with Gasteiger partial charge in [0.1, 0.15) is 5.69 Å². The van der Waals surface area contributed by atoms with Crippen LogP contribution in [0.2, 0.25) is 0 Å². The molecule has 1 aromatic heterocycles. The summed E-state index contributed by atoms with van der Waals surface area (Å²) in [5.41, 5.74) is 6.85. The molecule has 7 nitrogen and oxygen atoms in total. The molecule has 7 heteroatoms. The van der Waals surface area contributed by atoms with Crippen LogP contribution in [0.4, 0.5) is 0 Å². The molecule has 0 radical (unpaired) electrons. The standard InChI is InChI=1S/C21H22N4O3/c1-13-19(15-8-6-5-7-9-15)23-24-20(13)21(26)25-22-14(2)16-10-11-17(27-3)18(12-16)28-4/h5-12H,1-4H3,(H,23,24)(H,25,26)/b22-14-. The van der Waals surface area contributed by atoms with Crippen molar-refractivity contribution in [3.8, 4) is 22.8 Å². The summed E-state index contributed by atoms with van der Waals surface area (Å²) in [6.07, 6.45) is 0. The number of methoxy groups -OCH3 is 2. The fourth-order valence-electron chi connectivity index (χ4n) is 2.81. The number of hydrazone groups is 1. The Balaban J connectivity index is 1.77. The molecule has 0 bridgehead atoms. The Morgan fingerprint density at radius 1 is 1.07 bits per heavy atom. The van der Waals surface area contributed by atoms with Crippen LogP contribution in [0.25, 0.3) is 11.3 Å². The third kappa shape index (κ3) is 3.88. The van der Waals surface area contributed by atoms with Gasteiger partial charge in [0.15, 0.2) is 11.5 Å². The zero-order chi connectivity index (χ0) is 20.1. The fraction of sp³-hybridized carbons (Fsp3) is 0.190. The van der Waals surface area contributed by atoms with E-state index in [9.17, 15) is 4.79 Å². The Morgan fingerprint density at radius 3 is 2.46 bits per heavy atom. The van der Waals surface area contributed by atoms with Gasteiger partial charge in [-0.25, -0.2) is 5.43 Å². The van der Waals surface area contributed by atoms with Gasteiger partial charge < -0.3 is 9.47 Å². The predicted octanol–water partition coefficient (Wildman–Crippen LogP) is 3.56. The van der Waals surface area contributed by atoms with Crippen molar-refractivity contribution >= 4 is 11.6 Å². The predicted molar refractivity (Wildman–Crippen MR) is 108 cm³/mol. The van der Waals surface area contributed by atoms with E-state index in [1.165, 1.54) is 0 Å². The minimum atomic E-state index is -0.355. The lowest BCUT2D eigenvalue weighted by Crippen LogP contribution is -2.20. The van der Waals surface area contributed by atoms with E-state index in [4.69, 9.17) is 9.47 Å². The van der Waals surface area contributed by atoms with E-state index >= 15 is 0 Å². The number of ether oxygens (including phenoxy) is 2. The topological polar surface area (TPSA) is 88.6 Å². The van der Waals surface area contributed by atoms with E-state index in [-0.39, 0.29) is 5.91 Å². The zero-order valence-corrected chi connectivity index (χ0v) is 16.2. The SMILES string of the molecule is COc1ccc(/C(C)=N\NC(=O)c2[nH]nc(-c3ccccc3)c2C)cc1OC. The second-order valence-electron chi connectivity index (χ2n) is 6.15. The Kier molecular flexibility index (Phi) is 5.74. The number of aromatic nitrogens is 2. The second-order valence-corrected chi connectivity index (χ2v) is 6.15.